The third-order valence-corrected chi connectivity index (χ3v) is 3.99. The third kappa shape index (κ3) is 2.84. The van der Waals surface area contributed by atoms with Crippen LogP contribution >= 0.6 is 0 Å². The molecule has 0 atom stereocenters. The molecule has 0 fully saturated rings. The molecule has 0 aromatic heterocycles. The van der Waals surface area contributed by atoms with E-state index in [0.29, 0.717) is 0 Å². The molecule has 0 aliphatic heterocycles. The first-order chi connectivity index (χ1) is 10.3. The summed E-state index contributed by atoms with van der Waals surface area (Å²) in [5, 5.41) is 5.14. The molecule has 0 heterocycles. The summed E-state index contributed by atoms with van der Waals surface area (Å²) in [7, 11) is 5.81. The van der Waals surface area contributed by atoms with E-state index in [4.69, 9.17) is 7.85 Å². The Labute approximate surface area is 136 Å². The van der Waals surface area contributed by atoms with Crippen molar-refractivity contribution >= 4 is 34.9 Å². The number of rotatable bonds is 1. The van der Waals surface area contributed by atoms with E-state index in [1.165, 1.54) is 32.7 Å². The van der Waals surface area contributed by atoms with Gasteiger partial charge in [-0.2, -0.15) is 0 Å². The second-order valence-electron chi connectivity index (χ2n) is 5.31. The average Bonchev–Trinajstić information content (AvgIpc) is 2.55. The van der Waals surface area contributed by atoms with E-state index in [2.05, 4.69) is 66.7 Å². The van der Waals surface area contributed by atoms with Crippen molar-refractivity contribution in [3.63, 3.8) is 0 Å². The van der Waals surface area contributed by atoms with Crippen molar-refractivity contribution in [2.75, 3.05) is 0 Å². The van der Waals surface area contributed by atoms with E-state index in [9.17, 15) is 0 Å². The maximum absolute atomic E-state index is 5.81. The normalized spacial score (nSPS) is 10.2. The zero-order chi connectivity index (χ0) is 14.2. The van der Waals surface area contributed by atoms with Gasteiger partial charge < -0.3 is 11.0 Å². The van der Waals surface area contributed by atoms with E-state index >= 15 is 0 Å². The predicted octanol–water partition coefficient (Wildman–Crippen LogP) is 4.10. The standard InChI is InChI=1S/C20H13B.2H2O/c21-16-11-9-14(10-12-16)20-13-15-5-1-2-6-17(15)18-7-3-4-8-19(18)20;;/h1-13H;2*1H2/q+2;;/p-2. The van der Waals surface area contributed by atoms with Gasteiger partial charge in [0.2, 0.25) is 0 Å². The molecule has 2 N–H and O–H groups in total. The number of benzene rings is 4. The fourth-order valence-corrected chi connectivity index (χ4v) is 2.96. The van der Waals surface area contributed by atoms with Crippen molar-refractivity contribution in [2.24, 2.45) is 0 Å². The summed E-state index contributed by atoms with van der Waals surface area (Å²) in [5.74, 6) is 0. The Bertz CT molecular complexity index is 946. The van der Waals surface area contributed by atoms with Gasteiger partial charge in [0.1, 0.15) is 0 Å². The van der Waals surface area contributed by atoms with E-state index in [1.54, 1.807) is 0 Å². The molecule has 0 saturated carbocycles. The number of hydrogen-bond donors (Lipinski definition) is 0. The molecule has 4 aromatic carbocycles. The molecule has 110 valence electrons. The molecule has 4 aromatic rings. The minimum absolute atomic E-state index is 0. The number of hydrogen-bond acceptors (Lipinski definition) is 2. The first-order valence-corrected chi connectivity index (χ1v) is 7.09. The van der Waals surface area contributed by atoms with Gasteiger partial charge >= 0.3 is 125 Å². The van der Waals surface area contributed by atoms with Gasteiger partial charge in [-0.15, -0.1) is 0 Å². The van der Waals surface area contributed by atoms with Crippen LogP contribution in [0.3, 0.4) is 0 Å². The van der Waals surface area contributed by atoms with Crippen LogP contribution in [0.2, 0.25) is 0 Å². The number of fused-ring (bicyclic) bond motifs is 3. The van der Waals surface area contributed by atoms with Gasteiger partial charge in [-0.05, 0) is 0 Å². The van der Waals surface area contributed by atoms with Crippen LogP contribution in [0.15, 0.2) is 78.9 Å². The van der Waals surface area contributed by atoms with Gasteiger partial charge in [0.05, 0.1) is 0 Å². The largest absolute Gasteiger partial charge is 0.870 e. The van der Waals surface area contributed by atoms with Crippen molar-refractivity contribution in [1.82, 2.24) is 0 Å². The Balaban J connectivity index is 0.000000960. The quantitative estimate of drug-likeness (QED) is 0.392. The average molecular weight is 298 g/mol. The molecule has 3 heteroatoms. The Morgan fingerprint density at radius 1 is 0.565 bits per heavy atom. The van der Waals surface area contributed by atoms with Crippen molar-refractivity contribution in [1.29, 1.82) is 0 Å². The second kappa shape index (κ2) is 6.65. The molecule has 0 amide bonds. The minimum atomic E-state index is 0. The topological polar surface area (TPSA) is 60.0 Å². The Morgan fingerprint density at radius 3 is 1.83 bits per heavy atom. The summed E-state index contributed by atoms with van der Waals surface area (Å²) in [6, 6.07) is 27.5. The van der Waals surface area contributed by atoms with Gasteiger partial charge in [-0.25, -0.2) is 0 Å². The summed E-state index contributed by atoms with van der Waals surface area (Å²) in [6.45, 7) is 0. The van der Waals surface area contributed by atoms with Crippen LogP contribution < -0.4 is 5.46 Å². The first kappa shape index (κ1) is 16.8. The minimum Gasteiger partial charge on any atom is -0.870 e. The molecule has 0 bridgehead atoms. The van der Waals surface area contributed by atoms with E-state index in [0.717, 1.165) is 5.46 Å². The fourth-order valence-electron chi connectivity index (χ4n) is 2.96. The molecular formula is C20H15BO2. The van der Waals surface area contributed by atoms with Crippen LogP contribution in [-0.4, -0.2) is 18.8 Å². The van der Waals surface area contributed by atoms with E-state index in [1.807, 2.05) is 12.1 Å². The molecule has 0 saturated heterocycles. The van der Waals surface area contributed by atoms with E-state index in [-0.39, 0.29) is 11.0 Å². The summed E-state index contributed by atoms with van der Waals surface area (Å²) >= 11 is 0. The van der Waals surface area contributed by atoms with Gasteiger partial charge in [-0.1, -0.05) is 0 Å². The summed E-state index contributed by atoms with van der Waals surface area (Å²) < 4.78 is 0. The first-order valence-electron chi connectivity index (χ1n) is 7.09. The van der Waals surface area contributed by atoms with Crippen LogP contribution in [0.1, 0.15) is 0 Å². The summed E-state index contributed by atoms with van der Waals surface area (Å²) in [4.78, 5) is 0. The van der Waals surface area contributed by atoms with Crippen molar-refractivity contribution < 1.29 is 11.0 Å². The van der Waals surface area contributed by atoms with Gasteiger partial charge in [0.15, 0.2) is 0 Å². The maximum atomic E-state index is 5.81. The zero-order valence-corrected chi connectivity index (χ0v) is 12.5. The fraction of sp³-hybridized carbons (Fsp3) is 0. The van der Waals surface area contributed by atoms with Crippen LogP contribution in [0.5, 0.6) is 0 Å². The van der Waals surface area contributed by atoms with Gasteiger partial charge in [0.25, 0.3) is 0 Å². The Hall–Kier alpha value is -2.62. The maximum Gasteiger partial charge on any atom is -0.870 e. The molecule has 2 nitrogen and oxygen atoms in total. The molecule has 0 unspecified atom stereocenters. The van der Waals surface area contributed by atoms with Crippen LogP contribution in [0, 0.1) is 0 Å². The van der Waals surface area contributed by atoms with Gasteiger partial charge in [-0.3, -0.25) is 0 Å². The third-order valence-electron chi connectivity index (χ3n) is 3.99. The molecular weight excluding hydrogens is 283 g/mol. The molecule has 0 aliphatic carbocycles. The zero-order valence-electron chi connectivity index (χ0n) is 12.5. The van der Waals surface area contributed by atoms with Crippen molar-refractivity contribution in [3.05, 3.63) is 78.9 Å². The van der Waals surface area contributed by atoms with Crippen LogP contribution in [0.4, 0.5) is 0 Å². The van der Waals surface area contributed by atoms with E-state index < -0.39 is 0 Å². The van der Waals surface area contributed by atoms with Crippen molar-refractivity contribution in [2.45, 2.75) is 0 Å². The van der Waals surface area contributed by atoms with Crippen molar-refractivity contribution in [3.8, 4) is 11.1 Å². The monoisotopic (exact) mass is 298 g/mol. The van der Waals surface area contributed by atoms with Gasteiger partial charge in [0, 0.05) is 0 Å². The smallest absolute Gasteiger partial charge is 0.870 e. The molecule has 0 spiro atoms. The molecule has 0 radical (unpaired) electrons. The molecule has 23 heavy (non-hydrogen) atoms. The molecule has 0 aliphatic rings. The van der Waals surface area contributed by atoms with Crippen LogP contribution in [-0.2, 0) is 0 Å². The Morgan fingerprint density at radius 2 is 1.13 bits per heavy atom. The SMILES string of the molecule is [B+2]c1ccc(-c2cc3ccccc3c3ccccc23)cc1.[OH-].[OH-]. The summed E-state index contributed by atoms with van der Waals surface area (Å²) in [5.41, 5.74) is 3.25. The summed E-state index contributed by atoms with van der Waals surface area (Å²) in [6.07, 6.45) is 0. The van der Waals surface area contributed by atoms with Crippen LogP contribution in [0.25, 0.3) is 32.7 Å². The second-order valence-corrected chi connectivity index (χ2v) is 5.31. The molecule has 4 rings (SSSR count). The Kier molecular flexibility index (Phi) is 4.84. The predicted molar refractivity (Wildman–Crippen MR) is 96.1 cm³/mol.